The third kappa shape index (κ3) is 4.65. The van der Waals surface area contributed by atoms with E-state index in [4.69, 9.17) is 9.72 Å². The molecule has 1 aromatic heterocycles. The largest absolute Gasteiger partial charge is 0.507 e. The van der Waals surface area contributed by atoms with E-state index in [2.05, 4.69) is 0 Å². The normalized spacial score (nSPS) is 16.6. The number of carbonyl (C=O) groups is 2. The van der Waals surface area contributed by atoms with E-state index in [1.54, 1.807) is 24.3 Å². The number of anilines is 1. The molecule has 7 heteroatoms. The summed E-state index contributed by atoms with van der Waals surface area (Å²) in [4.78, 5) is 33.4. The number of aryl methyl sites for hydroxylation is 2. The Hall–Kier alpha value is -4.75. The standard InChI is InChI=1S/C33H26N2O4S/c1-20-16-21(2)28-26(17-20)40-33(34-28)35-29(27(31(37)32(35)38)30(36)23-12-7-4-8-13-23)24-14-9-15-25(18-24)39-19-22-10-5-3-6-11-22/h3-18,29,36H,19H2,1-2H3/b30-27+. The second-order valence-corrected chi connectivity index (χ2v) is 10.8. The van der Waals surface area contributed by atoms with Crippen LogP contribution in [0.2, 0.25) is 0 Å². The van der Waals surface area contributed by atoms with Gasteiger partial charge in [-0.3, -0.25) is 14.5 Å². The Balaban J connectivity index is 1.48. The van der Waals surface area contributed by atoms with Crippen LogP contribution in [0.1, 0.15) is 33.9 Å². The van der Waals surface area contributed by atoms with Crippen molar-refractivity contribution in [2.24, 2.45) is 0 Å². The van der Waals surface area contributed by atoms with E-state index in [1.807, 2.05) is 86.6 Å². The van der Waals surface area contributed by atoms with Gasteiger partial charge in [-0.1, -0.05) is 90.2 Å². The minimum atomic E-state index is -0.887. The van der Waals surface area contributed by atoms with Gasteiger partial charge < -0.3 is 9.84 Å². The van der Waals surface area contributed by atoms with Gasteiger partial charge in [-0.2, -0.15) is 0 Å². The van der Waals surface area contributed by atoms with Gasteiger partial charge in [0.2, 0.25) is 0 Å². The molecule has 0 bridgehead atoms. The maximum atomic E-state index is 13.6. The summed E-state index contributed by atoms with van der Waals surface area (Å²) >= 11 is 1.35. The van der Waals surface area contributed by atoms with Crippen LogP contribution in [0.5, 0.6) is 5.75 Å². The zero-order valence-electron chi connectivity index (χ0n) is 22.0. The SMILES string of the molecule is Cc1cc(C)c2nc(N3C(=O)C(=O)/C(=C(/O)c4ccccc4)C3c3cccc(OCc4ccccc4)c3)sc2c1. The van der Waals surface area contributed by atoms with E-state index in [0.717, 1.165) is 26.9 Å². The Morgan fingerprint density at radius 3 is 2.40 bits per heavy atom. The smallest absolute Gasteiger partial charge is 0.301 e. The summed E-state index contributed by atoms with van der Waals surface area (Å²) in [5, 5.41) is 11.8. The Morgan fingerprint density at radius 2 is 1.65 bits per heavy atom. The number of benzene rings is 4. The van der Waals surface area contributed by atoms with Crippen LogP contribution in [0.25, 0.3) is 16.0 Å². The Kier molecular flexibility index (Phi) is 6.66. The van der Waals surface area contributed by atoms with E-state index in [1.165, 1.54) is 16.2 Å². The molecule has 1 N–H and O–H groups in total. The molecule has 1 aliphatic rings. The molecule has 1 saturated heterocycles. The summed E-state index contributed by atoms with van der Waals surface area (Å²) in [7, 11) is 0. The second kappa shape index (κ2) is 10.4. The summed E-state index contributed by atoms with van der Waals surface area (Å²) in [6.07, 6.45) is 0. The first-order valence-electron chi connectivity index (χ1n) is 12.9. The average Bonchev–Trinajstić information content (AvgIpc) is 3.51. The molecule has 40 heavy (non-hydrogen) atoms. The van der Waals surface area contributed by atoms with E-state index in [-0.39, 0.29) is 11.3 Å². The minimum absolute atomic E-state index is 0.0172. The molecule has 1 unspecified atom stereocenters. The maximum Gasteiger partial charge on any atom is 0.301 e. The van der Waals surface area contributed by atoms with Crippen LogP contribution in [-0.2, 0) is 16.2 Å². The van der Waals surface area contributed by atoms with Crippen molar-refractivity contribution < 1.29 is 19.4 Å². The molecular weight excluding hydrogens is 520 g/mol. The lowest BCUT2D eigenvalue weighted by Gasteiger charge is -2.23. The highest BCUT2D eigenvalue weighted by atomic mass is 32.1. The van der Waals surface area contributed by atoms with Gasteiger partial charge in [0.1, 0.15) is 18.1 Å². The topological polar surface area (TPSA) is 79.7 Å². The number of aliphatic hydroxyl groups is 1. The van der Waals surface area contributed by atoms with Gasteiger partial charge in [0.05, 0.1) is 21.8 Å². The maximum absolute atomic E-state index is 13.6. The number of nitrogens with zero attached hydrogens (tertiary/aromatic N) is 2. The van der Waals surface area contributed by atoms with Crippen LogP contribution in [-0.4, -0.2) is 21.8 Å². The number of aliphatic hydroxyl groups excluding tert-OH is 1. The number of Topliss-reactive ketones (excluding diaryl/α,β-unsaturated/α-hetero) is 1. The minimum Gasteiger partial charge on any atom is -0.507 e. The summed E-state index contributed by atoms with van der Waals surface area (Å²) in [5.41, 5.74) is 4.99. The van der Waals surface area contributed by atoms with Crippen molar-refractivity contribution in [3.8, 4) is 5.75 Å². The molecule has 0 saturated carbocycles. The second-order valence-electron chi connectivity index (χ2n) is 9.81. The van der Waals surface area contributed by atoms with Crippen molar-refractivity contribution >= 4 is 44.1 Å². The average molecular weight is 547 g/mol. The lowest BCUT2D eigenvalue weighted by molar-refractivity contribution is -0.132. The van der Waals surface area contributed by atoms with Crippen molar-refractivity contribution in [2.45, 2.75) is 26.5 Å². The van der Waals surface area contributed by atoms with Crippen molar-refractivity contribution in [3.05, 3.63) is 130 Å². The van der Waals surface area contributed by atoms with Crippen LogP contribution in [0.3, 0.4) is 0 Å². The van der Waals surface area contributed by atoms with Crippen molar-refractivity contribution in [1.29, 1.82) is 0 Å². The molecule has 1 atom stereocenters. The van der Waals surface area contributed by atoms with Crippen LogP contribution in [0.15, 0.2) is 103 Å². The molecule has 198 valence electrons. The highest BCUT2D eigenvalue weighted by Crippen LogP contribution is 2.45. The molecule has 6 nitrogen and oxygen atoms in total. The Bertz CT molecular complexity index is 1780. The number of amides is 1. The van der Waals surface area contributed by atoms with Gasteiger partial charge in [0, 0.05) is 5.56 Å². The van der Waals surface area contributed by atoms with Gasteiger partial charge in [0.25, 0.3) is 5.78 Å². The fourth-order valence-electron chi connectivity index (χ4n) is 5.07. The van der Waals surface area contributed by atoms with Crippen LogP contribution < -0.4 is 9.64 Å². The number of thiazole rings is 1. The number of hydrogen-bond acceptors (Lipinski definition) is 6. The van der Waals surface area contributed by atoms with Crippen molar-refractivity contribution in [1.82, 2.24) is 4.98 Å². The van der Waals surface area contributed by atoms with Gasteiger partial charge in [-0.25, -0.2) is 4.98 Å². The number of ether oxygens (including phenoxy) is 1. The summed E-state index contributed by atoms with van der Waals surface area (Å²) < 4.78 is 6.99. The molecule has 5 aromatic rings. The van der Waals surface area contributed by atoms with Gasteiger partial charge in [-0.05, 0) is 54.3 Å². The predicted molar refractivity (Wildman–Crippen MR) is 158 cm³/mol. The highest BCUT2D eigenvalue weighted by molar-refractivity contribution is 7.22. The molecule has 2 heterocycles. The van der Waals surface area contributed by atoms with E-state index >= 15 is 0 Å². The highest BCUT2D eigenvalue weighted by Gasteiger charge is 2.48. The van der Waals surface area contributed by atoms with E-state index < -0.39 is 17.7 Å². The zero-order valence-corrected chi connectivity index (χ0v) is 22.8. The van der Waals surface area contributed by atoms with Gasteiger partial charge in [-0.15, -0.1) is 0 Å². The van der Waals surface area contributed by atoms with E-state index in [0.29, 0.717) is 28.6 Å². The Labute approximate surface area is 235 Å². The third-order valence-electron chi connectivity index (χ3n) is 6.94. The lowest BCUT2D eigenvalue weighted by Crippen LogP contribution is -2.29. The fourth-order valence-corrected chi connectivity index (χ4v) is 6.24. The van der Waals surface area contributed by atoms with Crippen molar-refractivity contribution in [2.75, 3.05) is 4.90 Å². The number of fused-ring (bicyclic) bond motifs is 1. The first kappa shape index (κ1) is 25.5. The quantitative estimate of drug-likeness (QED) is 0.139. The first-order chi connectivity index (χ1) is 19.4. The number of rotatable bonds is 6. The molecule has 4 aromatic carbocycles. The molecule has 0 spiro atoms. The van der Waals surface area contributed by atoms with Gasteiger partial charge >= 0.3 is 5.91 Å². The summed E-state index contributed by atoms with van der Waals surface area (Å²) in [6.45, 7) is 4.36. The number of carbonyl (C=O) groups excluding carboxylic acids is 2. The number of ketones is 1. The first-order valence-corrected chi connectivity index (χ1v) is 13.7. The molecule has 1 aliphatic heterocycles. The van der Waals surface area contributed by atoms with E-state index in [9.17, 15) is 14.7 Å². The third-order valence-corrected chi connectivity index (χ3v) is 7.94. The molecule has 6 rings (SSSR count). The van der Waals surface area contributed by atoms with Crippen LogP contribution in [0.4, 0.5) is 5.13 Å². The molecule has 0 radical (unpaired) electrons. The molecule has 1 fully saturated rings. The monoisotopic (exact) mass is 546 g/mol. The Morgan fingerprint density at radius 1 is 0.925 bits per heavy atom. The van der Waals surface area contributed by atoms with Crippen LogP contribution >= 0.6 is 11.3 Å². The zero-order chi connectivity index (χ0) is 27.8. The number of hydrogen-bond donors (Lipinski definition) is 1. The lowest BCUT2D eigenvalue weighted by atomic mass is 9.95. The number of aromatic nitrogens is 1. The summed E-state index contributed by atoms with van der Waals surface area (Å²) in [5.74, 6) is -1.13. The fraction of sp³-hybridized carbons (Fsp3) is 0.121. The van der Waals surface area contributed by atoms with Crippen LogP contribution in [0, 0.1) is 13.8 Å². The molecule has 0 aliphatic carbocycles. The predicted octanol–water partition coefficient (Wildman–Crippen LogP) is 7.12. The van der Waals surface area contributed by atoms with Gasteiger partial charge in [0.15, 0.2) is 5.13 Å². The molecular formula is C33H26N2O4S. The summed E-state index contributed by atoms with van der Waals surface area (Å²) in [6, 6.07) is 29.1. The molecule has 1 amide bonds. The van der Waals surface area contributed by atoms with Crippen molar-refractivity contribution in [3.63, 3.8) is 0 Å².